The highest BCUT2D eigenvalue weighted by molar-refractivity contribution is 6.30. The molecular formula is C17H18ClN5O. The van der Waals surface area contributed by atoms with Crippen LogP contribution in [0.1, 0.15) is 18.5 Å². The van der Waals surface area contributed by atoms with Crippen molar-refractivity contribution < 1.29 is 4.42 Å². The van der Waals surface area contributed by atoms with Gasteiger partial charge in [0.15, 0.2) is 0 Å². The zero-order valence-electron chi connectivity index (χ0n) is 13.2. The Kier molecular flexibility index (Phi) is 4.32. The minimum atomic E-state index is 0.461. The second-order valence-corrected chi connectivity index (χ2v) is 6.47. The third kappa shape index (κ3) is 3.34. The minimum absolute atomic E-state index is 0.461. The maximum absolute atomic E-state index is 5.92. The van der Waals surface area contributed by atoms with Crippen molar-refractivity contribution in [3.8, 4) is 11.5 Å². The second-order valence-electron chi connectivity index (χ2n) is 6.03. The Balaban J connectivity index is 1.44. The Morgan fingerprint density at radius 3 is 2.92 bits per heavy atom. The molecule has 1 fully saturated rings. The van der Waals surface area contributed by atoms with Gasteiger partial charge in [0.25, 0.3) is 0 Å². The zero-order chi connectivity index (χ0) is 16.4. The molecular weight excluding hydrogens is 326 g/mol. The van der Waals surface area contributed by atoms with Crippen molar-refractivity contribution in [3.05, 3.63) is 53.9 Å². The summed E-state index contributed by atoms with van der Waals surface area (Å²) in [6.07, 6.45) is 7.46. The summed E-state index contributed by atoms with van der Waals surface area (Å²) < 4.78 is 7.53. The molecule has 2 aromatic heterocycles. The Hall–Kier alpha value is -2.18. The van der Waals surface area contributed by atoms with Gasteiger partial charge in [-0.2, -0.15) is 5.10 Å². The Morgan fingerprint density at radius 2 is 2.12 bits per heavy atom. The van der Waals surface area contributed by atoms with Gasteiger partial charge in [-0.3, -0.25) is 9.58 Å². The van der Waals surface area contributed by atoms with Gasteiger partial charge in [-0.05, 0) is 43.7 Å². The lowest BCUT2D eigenvalue weighted by Gasteiger charge is -2.23. The van der Waals surface area contributed by atoms with Crippen LogP contribution < -0.4 is 0 Å². The summed E-state index contributed by atoms with van der Waals surface area (Å²) in [6, 6.07) is 7.98. The molecule has 1 aromatic carbocycles. The van der Waals surface area contributed by atoms with Crippen molar-refractivity contribution in [2.75, 3.05) is 6.54 Å². The number of nitrogens with zero attached hydrogens (tertiary/aromatic N) is 5. The topological polar surface area (TPSA) is 60.0 Å². The van der Waals surface area contributed by atoms with Crippen LogP contribution in [0.2, 0.25) is 5.02 Å². The van der Waals surface area contributed by atoms with E-state index in [0.29, 0.717) is 17.0 Å². The molecule has 3 aromatic rings. The highest BCUT2D eigenvalue weighted by Crippen LogP contribution is 2.24. The van der Waals surface area contributed by atoms with Crippen LogP contribution in [0, 0.1) is 0 Å². The van der Waals surface area contributed by atoms with E-state index in [-0.39, 0.29) is 0 Å². The smallest absolute Gasteiger partial charge is 0.226 e. The quantitative estimate of drug-likeness (QED) is 0.711. The summed E-state index contributed by atoms with van der Waals surface area (Å²) in [7, 11) is 0. The van der Waals surface area contributed by atoms with Crippen molar-refractivity contribution >= 4 is 11.6 Å². The average molecular weight is 344 g/mol. The Morgan fingerprint density at radius 1 is 1.25 bits per heavy atom. The molecule has 1 aliphatic rings. The van der Waals surface area contributed by atoms with Crippen molar-refractivity contribution in [1.82, 2.24) is 24.6 Å². The number of rotatable bonds is 5. The molecule has 3 heterocycles. The molecule has 7 heteroatoms. The highest BCUT2D eigenvalue weighted by atomic mass is 35.5. The summed E-state index contributed by atoms with van der Waals surface area (Å²) in [4.78, 5) is 11.1. The molecule has 1 unspecified atom stereocenters. The normalized spacial score (nSPS) is 18.3. The van der Waals surface area contributed by atoms with E-state index in [4.69, 9.17) is 16.0 Å². The lowest BCUT2D eigenvalue weighted by molar-refractivity contribution is 0.216. The van der Waals surface area contributed by atoms with E-state index >= 15 is 0 Å². The van der Waals surface area contributed by atoms with E-state index < -0.39 is 0 Å². The van der Waals surface area contributed by atoms with Crippen LogP contribution in [-0.2, 0) is 13.1 Å². The molecule has 0 amide bonds. The monoisotopic (exact) mass is 343 g/mol. The zero-order valence-corrected chi connectivity index (χ0v) is 13.9. The summed E-state index contributed by atoms with van der Waals surface area (Å²) in [5, 5.41) is 4.91. The van der Waals surface area contributed by atoms with Crippen LogP contribution in [0.3, 0.4) is 0 Å². The first-order valence-corrected chi connectivity index (χ1v) is 8.42. The Labute approximate surface area is 145 Å². The summed E-state index contributed by atoms with van der Waals surface area (Å²) in [5.74, 6) is 0.633. The van der Waals surface area contributed by atoms with Crippen LogP contribution >= 0.6 is 11.6 Å². The van der Waals surface area contributed by atoms with Crippen LogP contribution in [0.5, 0.6) is 0 Å². The van der Waals surface area contributed by atoms with Crippen molar-refractivity contribution in [3.63, 3.8) is 0 Å². The number of hydrogen-bond acceptors (Lipinski definition) is 5. The Bertz CT molecular complexity index is 784. The standard InChI is InChI=1S/C17H18ClN5O/c18-14-5-3-13(4-6-14)17-21-15(10-24-17)8-22-7-1-2-16(22)9-23-12-19-11-20-23/h3-6,10-12,16H,1-2,7-9H2. The number of likely N-dealkylation sites (tertiary alicyclic amines) is 1. The SMILES string of the molecule is Clc1ccc(-c2nc(CN3CCCC3Cn3cncn3)co2)cc1. The number of halogens is 1. The van der Waals surface area contributed by atoms with Gasteiger partial charge >= 0.3 is 0 Å². The molecule has 1 atom stereocenters. The van der Waals surface area contributed by atoms with Crippen LogP contribution in [-0.4, -0.2) is 37.2 Å². The van der Waals surface area contributed by atoms with E-state index in [1.807, 2.05) is 28.9 Å². The molecule has 0 bridgehead atoms. The summed E-state index contributed by atoms with van der Waals surface area (Å²) in [5.41, 5.74) is 1.89. The fourth-order valence-electron chi connectivity index (χ4n) is 3.17. The van der Waals surface area contributed by atoms with Crippen molar-refractivity contribution in [1.29, 1.82) is 0 Å². The van der Waals surface area contributed by atoms with Gasteiger partial charge < -0.3 is 4.42 Å². The molecule has 124 valence electrons. The molecule has 0 radical (unpaired) electrons. The molecule has 6 nitrogen and oxygen atoms in total. The van der Waals surface area contributed by atoms with Gasteiger partial charge in [-0.15, -0.1) is 0 Å². The fourth-order valence-corrected chi connectivity index (χ4v) is 3.29. The number of hydrogen-bond donors (Lipinski definition) is 0. The molecule has 0 N–H and O–H groups in total. The number of benzene rings is 1. The minimum Gasteiger partial charge on any atom is -0.444 e. The van der Waals surface area contributed by atoms with Gasteiger partial charge in [0.2, 0.25) is 5.89 Å². The molecule has 0 saturated carbocycles. The molecule has 0 aliphatic carbocycles. The first-order chi connectivity index (χ1) is 11.8. The number of aromatic nitrogens is 4. The predicted octanol–water partition coefficient (Wildman–Crippen LogP) is 3.25. The van der Waals surface area contributed by atoms with Crippen molar-refractivity contribution in [2.24, 2.45) is 0 Å². The number of oxazole rings is 1. The van der Waals surface area contributed by atoms with E-state index in [2.05, 4.69) is 20.0 Å². The highest BCUT2D eigenvalue weighted by Gasteiger charge is 2.26. The largest absolute Gasteiger partial charge is 0.444 e. The lowest BCUT2D eigenvalue weighted by Crippen LogP contribution is -2.32. The van der Waals surface area contributed by atoms with Gasteiger partial charge in [-0.1, -0.05) is 11.6 Å². The van der Waals surface area contributed by atoms with Crippen LogP contribution in [0.25, 0.3) is 11.5 Å². The second kappa shape index (κ2) is 6.75. The van der Waals surface area contributed by atoms with E-state index in [1.54, 1.807) is 18.9 Å². The maximum atomic E-state index is 5.92. The molecule has 4 rings (SSSR count). The lowest BCUT2D eigenvalue weighted by atomic mass is 10.2. The van der Waals surface area contributed by atoms with E-state index in [9.17, 15) is 0 Å². The average Bonchev–Trinajstić information content (AvgIpc) is 3.32. The van der Waals surface area contributed by atoms with E-state index in [1.165, 1.54) is 12.8 Å². The molecule has 24 heavy (non-hydrogen) atoms. The summed E-state index contributed by atoms with van der Waals surface area (Å²) in [6.45, 7) is 2.72. The third-order valence-electron chi connectivity index (χ3n) is 4.37. The maximum Gasteiger partial charge on any atom is 0.226 e. The van der Waals surface area contributed by atoms with Crippen molar-refractivity contribution in [2.45, 2.75) is 32.0 Å². The third-order valence-corrected chi connectivity index (χ3v) is 4.62. The van der Waals surface area contributed by atoms with Gasteiger partial charge in [0, 0.05) is 23.2 Å². The molecule has 1 saturated heterocycles. The fraction of sp³-hybridized carbons (Fsp3) is 0.353. The van der Waals surface area contributed by atoms with Crippen LogP contribution in [0.4, 0.5) is 0 Å². The van der Waals surface area contributed by atoms with Gasteiger partial charge in [-0.25, -0.2) is 9.97 Å². The molecule has 1 aliphatic heterocycles. The van der Waals surface area contributed by atoms with Gasteiger partial charge in [0.1, 0.15) is 18.9 Å². The molecule has 0 spiro atoms. The van der Waals surface area contributed by atoms with Gasteiger partial charge in [0.05, 0.1) is 12.2 Å². The summed E-state index contributed by atoms with van der Waals surface area (Å²) >= 11 is 5.92. The first kappa shape index (κ1) is 15.4. The van der Waals surface area contributed by atoms with E-state index in [0.717, 1.165) is 30.9 Å². The van der Waals surface area contributed by atoms with Crippen LogP contribution in [0.15, 0.2) is 47.6 Å². The predicted molar refractivity (Wildman–Crippen MR) is 90.4 cm³/mol. The first-order valence-electron chi connectivity index (χ1n) is 8.05.